The Morgan fingerprint density at radius 2 is 1.93 bits per heavy atom. The largest absolute Gasteiger partial charge is 0.346 e. The van der Waals surface area contributed by atoms with E-state index in [4.69, 9.17) is 0 Å². The number of amides is 1. The molecule has 2 unspecified atom stereocenters. The summed E-state index contributed by atoms with van der Waals surface area (Å²) < 4.78 is 0. The summed E-state index contributed by atoms with van der Waals surface area (Å²) in [5, 5.41) is 3.13. The summed E-state index contributed by atoms with van der Waals surface area (Å²) in [7, 11) is 0. The molecule has 0 spiro atoms. The maximum atomic E-state index is 12.6. The maximum Gasteiger partial charge on any atom is 0.251 e. The lowest BCUT2D eigenvalue weighted by molar-refractivity contribution is 0.0940. The normalized spacial score (nSPS) is 18.9. The number of nitrogens with zero attached hydrogens (tertiary/aromatic N) is 1. The van der Waals surface area contributed by atoms with Gasteiger partial charge in [0, 0.05) is 18.7 Å². The van der Waals surface area contributed by atoms with Crippen LogP contribution in [0.15, 0.2) is 42.5 Å². The van der Waals surface area contributed by atoms with Crippen molar-refractivity contribution in [2.45, 2.75) is 53.1 Å². The second kappa shape index (κ2) is 8.71. The monoisotopic (exact) mass is 364 g/mol. The molecule has 1 heterocycles. The quantitative estimate of drug-likeness (QED) is 0.807. The van der Waals surface area contributed by atoms with Crippen LogP contribution in [0.1, 0.15) is 65.3 Å². The van der Waals surface area contributed by atoms with Gasteiger partial charge in [-0.25, -0.2) is 0 Å². The second-order valence-corrected chi connectivity index (χ2v) is 8.23. The van der Waals surface area contributed by atoms with Gasteiger partial charge in [0.25, 0.3) is 5.91 Å². The van der Waals surface area contributed by atoms with Crippen molar-refractivity contribution in [1.82, 2.24) is 10.2 Å². The zero-order chi connectivity index (χ0) is 19.4. The van der Waals surface area contributed by atoms with Crippen LogP contribution in [0.2, 0.25) is 0 Å². The third-order valence-electron chi connectivity index (χ3n) is 5.60. The molecule has 2 atom stereocenters. The highest BCUT2D eigenvalue weighted by molar-refractivity contribution is 5.94. The van der Waals surface area contributed by atoms with Gasteiger partial charge in [0.2, 0.25) is 0 Å². The molecule has 144 valence electrons. The summed E-state index contributed by atoms with van der Waals surface area (Å²) >= 11 is 0. The fraction of sp³-hybridized carbons (Fsp3) is 0.458. The summed E-state index contributed by atoms with van der Waals surface area (Å²) in [5.74, 6) is 0.774. The van der Waals surface area contributed by atoms with E-state index in [0.717, 1.165) is 18.0 Å². The summed E-state index contributed by atoms with van der Waals surface area (Å²) in [6.07, 6.45) is 2.63. The van der Waals surface area contributed by atoms with Gasteiger partial charge in [0.05, 0.1) is 6.04 Å². The third-order valence-corrected chi connectivity index (χ3v) is 5.60. The van der Waals surface area contributed by atoms with Crippen molar-refractivity contribution in [3.8, 4) is 0 Å². The highest BCUT2D eigenvalue weighted by Gasteiger charge is 2.17. The lowest BCUT2D eigenvalue weighted by Crippen LogP contribution is -2.33. The zero-order valence-corrected chi connectivity index (χ0v) is 17.1. The van der Waals surface area contributed by atoms with E-state index in [1.54, 1.807) is 0 Å². The van der Waals surface area contributed by atoms with E-state index < -0.39 is 0 Å². The predicted octanol–water partition coefficient (Wildman–Crippen LogP) is 5.03. The Labute approximate surface area is 163 Å². The van der Waals surface area contributed by atoms with Gasteiger partial charge in [-0.15, -0.1) is 0 Å². The molecule has 2 aromatic carbocycles. The molecule has 3 nitrogen and oxygen atoms in total. The van der Waals surface area contributed by atoms with Gasteiger partial charge in [0.15, 0.2) is 0 Å². The van der Waals surface area contributed by atoms with Crippen LogP contribution in [0, 0.1) is 19.8 Å². The first-order valence-corrected chi connectivity index (χ1v) is 10.1. The van der Waals surface area contributed by atoms with Crippen LogP contribution in [0.5, 0.6) is 0 Å². The Morgan fingerprint density at radius 1 is 1.19 bits per heavy atom. The standard InChI is InChI=1S/C24H32N2O/c1-17-7-12-23(19(3)14-17)20(4)25-24(27)22-10-8-21(9-11-22)16-26-13-5-6-18(2)15-26/h7-12,14,18,20H,5-6,13,15-16H2,1-4H3,(H,25,27). The Morgan fingerprint density at radius 3 is 2.59 bits per heavy atom. The summed E-state index contributed by atoms with van der Waals surface area (Å²) in [6, 6.07) is 14.5. The van der Waals surface area contributed by atoms with E-state index in [2.05, 4.69) is 61.3 Å². The minimum Gasteiger partial charge on any atom is -0.346 e. The number of aryl methyl sites for hydroxylation is 2. The van der Waals surface area contributed by atoms with Crippen LogP contribution >= 0.6 is 0 Å². The summed E-state index contributed by atoms with van der Waals surface area (Å²) in [4.78, 5) is 15.1. The average molecular weight is 365 g/mol. The summed E-state index contributed by atoms with van der Waals surface area (Å²) in [6.45, 7) is 11.9. The number of rotatable bonds is 5. The number of hydrogen-bond acceptors (Lipinski definition) is 2. The van der Waals surface area contributed by atoms with Crippen molar-refractivity contribution in [1.29, 1.82) is 0 Å². The van der Waals surface area contributed by atoms with Gasteiger partial charge in [-0.3, -0.25) is 9.69 Å². The fourth-order valence-electron chi connectivity index (χ4n) is 4.12. The molecule has 3 heteroatoms. The first-order valence-electron chi connectivity index (χ1n) is 10.1. The number of hydrogen-bond donors (Lipinski definition) is 1. The van der Waals surface area contributed by atoms with Crippen molar-refractivity contribution in [3.63, 3.8) is 0 Å². The van der Waals surface area contributed by atoms with Gasteiger partial charge >= 0.3 is 0 Å². The molecule has 0 bridgehead atoms. The van der Waals surface area contributed by atoms with Crippen molar-refractivity contribution >= 4 is 5.91 Å². The molecule has 1 saturated heterocycles. The number of carbonyl (C=O) groups is 1. The van der Waals surface area contributed by atoms with Crippen molar-refractivity contribution in [3.05, 3.63) is 70.3 Å². The number of benzene rings is 2. The van der Waals surface area contributed by atoms with Crippen molar-refractivity contribution < 1.29 is 4.79 Å². The van der Waals surface area contributed by atoms with Crippen LogP contribution in [0.3, 0.4) is 0 Å². The lowest BCUT2D eigenvalue weighted by atomic mass is 9.99. The molecule has 0 saturated carbocycles. The Balaban J connectivity index is 1.60. The maximum absolute atomic E-state index is 12.6. The number of nitrogens with one attached hydrogen (secondary N) is 1. The van der Waals surface area contributed by atoms with Crippen LogP contribution < -0.4 is 5.32 Å². The minimum absolute atomic E-state index is 0.00684. The molecule has 0 aromatic heterocycles. The first kappa shape index (κ1) is 19.6. The molecule has 0 radical (unpaired) electrons. The van der Waals surface area contributed by atoms with Gasteiger partial charge in [-0.1, -0.05) is 42.8 Å². The van der Waals surface area contributed by atoms with Gasteiger partial charge in [-0.05, 0) is 74.9 Å². The Hall–Kier alpha value is -2.13. The molecule has 1 fully saturated rings. The van der Waals surface area contributed by atoms with Crippen LogP contribution in [-0.4, -0.2) is 23.9 Å². The van der Waals surface area contributed by atoms with E-state index in [9.17, 15) is 4.79 Å². The number of carbonyl (C=O) groups excluding carboxylic acids is 1. The molecule has 0 aliphatic carbocycles. The molecule has 27 heavy (non-hydrogen) atoms. The van der Waals surface area contributed by atoms with E-state index in [1.807, 2.05) is 19.1 Å². The highest BCUT2D eigenvalue weighted by atomic mass is 16.1. The minimum atomic E-state index is -0.0133. The second-order valence-electron chi connectivity index (χ2n) is 8.23. The molecule has 3 rings (SSSR count). The molecular weight excluding hydrogens is 332 g/mol. The molecule has 1 N–H and O–H groups in total. The number of likely N-dealkylation sites (tertiary alicyclic amines) is 1. The smallest absolute Gasteiger partial charge is 0.251 e. The molecule has 1 amide bonds. The van der Waals surface area contributed by atoms with Crippen molar-refractivity contribution in [2.24, 2.45) is 5.92 Å². The Bertz CT molecular complexity index is 781. The zero-order valence-electron chi connectivity index (χ0n) is 17.1. The van der Waals surface area contributed by atoms with E-state index >= 15 is 0 Å². The Kier molecular flexibility index (Phi) is 6.33. The third kappa shape index (κ3) is 5.20. The van der Waals surface area contributed by atoms with E-state index in [-0.39, 0.29) is 11.9 Å². The van der Waals surface area contributed by atoms with Crippen molar-refractivity contribution in [2.75, 3.05) is 13.1 Å². The van der Waals surface area contributed by atoms with E-state index in [0.29, 0.717) is 0 Å². The SMILES string of the molecule is Cc1ccc(C(C)NC(=O)c2ccc(CN3CCCC(C)C3)cc2)c(C)c1. The van der Waals surface area contributed by atoms with Crippen LogP contribution in [0.4, 0.5) is 0 Å². The molecular formula is C24H32N2O. The van der Waals surface area contributed by atoms with Crippen LogP contribution in [-0.2, 0) is 6.54 Å². The fourth-order valence-corrected chi connectivity index (χ4v) is 4.12. The van der Waals surface area contributed by atoms with Gasteiger partial charge < -0.3 is 5.32 Å². The van der Waals surface area contributed by atoms with Gasteiger partial charge in [0.1, 0.15) is 0 Å². The molecule has 2 aromatic rings. The summed E-state index contributed by atoms with van der Waals surface area (Å²) in [5.41, 5.74) is 5.64. The number of piperidine rings is 1. The van der Waals surface area contributed by atoms with E-state index in [1.165, 1.54) is 48.2 Å². The first-order chi connectivity index (χ1) is 12.9. The highest BCUT2D eigenvalue weighted by Crippen LogP contribution is 2.20. The van der Waals surface area contributed by atoms with Gasteiger partial charge in [-0.2, -0.15) is 0 Å². The topological polar surface area (TPSA) is 32.3 Å². The molecule has 1 aliphatic heterocycles. The predicted molar refractivity (Wildman–Crippen MR) is 112 cm³/mol. The lowest BCUT2D eigenvalue weighted by Gasteiger charge is -2.30. The average Bonchev–Trinajstić information content (AvgIpc) is 2.62. The van der Waals surface area contributed by atoms with Crippen LogP contribution in [0.25, 0.3) is 0 Å². The molecule has 1 aliphatic rings.